The lowest BCUT2D eigenvalue weighted by atomic mass is 10.1. The van der Waals surface area contributed by atoms with Crippen LogP contribution in [0.3, 0.4) is 0 Å². The second-order valence-corrected chi connectivity index (χ2v) is 9.43. The predicted octanol–water partition coefficient (Wildman–Crippen LogP) is 2.30. The minimum absolute atomic E-state index is 0.183. The molecule has 8 nitrogen and oxygen atoms in total. The van der Waals surface area contributed by atoms with Crippen LogP contribution in [0.25, 0.3) is 0 Å². The number of ether oxygens (including phenoxy) is 4. The number of rotatable bonds is 8. The Balaban J connectivity index is 1.71. The van der Waals surface area contributed by atoms with Crippen molar-refractivity contribution in [1.29, 1.82) is 0 Å². The standard InChI is InChI=1S/C18H27O8P/c1-17(2)25-15-14(11-23-10-13-8-6-5-7-9-13)24-18(19,16(15)26-17)12-27(20,21-3)22-4/h5-9,14-16,19H,10-12H2,1-4H3/t14-,15-,16-,18+/m1/s1. The molecule has 0 saturated carbocycles. The maximum atomic E-state index is 12.6. The van der Waals surface area contributed by atoms with E-state index in [1.54, 1.807) is 13.8 Å². The highest BCUT2D eigenvalue weighted by molar-refractivity contribution is 7.53. The van der Waals surface area contributed by atoms with E-state index < -0.39 is 37.5 Å². The predicted molar refractivity (Wildman–Crippen MR) is 96.2 cm³/mol. The molecule has 2 aliphatic heterocycles. The van der Waals surface area contributed by atoms with Crippen LogP contribution in [0.4, 0.5) is 0 Å². The fourth-order valence-electron chi connectivity index (χ4n) is 3.41. The van der Waals surface area contributed by atoms with Crippen LogP contribution in [0.1, 0.15) is 19.4 Å². The SMILES string of the molecule is COP(=O)(C[C@]1(O)O[C@H](COCc2ccccc2)[C@H]2OC(C)(C)O[C@H]21)OC. The van der Waals surface area contributed by atoms with Crippen molar-refractivity contribution in [2.45, 2.75) is 50.3 Å². The summed E-state index contributed by atoms with van der Waals surface area (Å²) in [6, 6.07) is 9.72. The number of hydrogen-bond acceptors (Lipinski definition) is 8. The first kappa shape index (κ1) is 20.9. The molecule has 152 valence electrons. The molecular formula is C18H27O8P. The first-order chi connectivity index (χ1) is 12.7. The molecule has 2 heterocycles. The van der Waals surface area contributed by atoms with E-state index in [-0.39, 0.29) is 12.8 Å². The molecule has 2 aliphatic rings. The van der Waals surface area contributed by atoms with Crippen LogP contribution >= 0.6 is 7.60 Å². The molecule has 3 rings (SSSR count). The Bertz CT molecular complexity index is 673. The van der Waals surface area contributed by atoms with Crippen LogP contribution in [0.5, 0.6) is 0 Å². The zero-order valence-electron chi connectivity index (χ0n) is 16.0. The second kappa shape index (κ2) is 7.89. The van der Waals surface area contributed by atoms with Gasteiger partial charge >= 0.3 is 7.60 Å². The molecule has 0 aromatic heterocycles. The third-order valence-corrected chi connectivity index (χ3v) is 6.62. The Kier molecular flexibility index (Phi) is 6.11. The topological polar surface area (TPSA) is 92.7 Å². The van der Waals surface area contributed by atoms with Gasteiger partial charge in [-0.05, 0) is 19.4 Å². The lowest BCUT2D eigenvalue weighted by Gasteiger charge is -2.31. The molecule has 1 aromatic carbocycles. The smallest absolute Gasteiger partial charge is 0.335 e. The van der Waals surface area contributed by atoms with Crippen molar-refractivity contribution in [1.82, 2.24) is 0 Å². The monoisotopic (exact) mass is 402 g/mol. The van der Waals surface area contributed by atoms with Crippen molar-refractivity contribution in [3.8, 4) is 0 Å². The van der Waals surface area contributed by atoms with E-state index >= 15 is 0 Å². The molecule has 0 bridgehead atoms. The zero-order valence-corrected chi connectivity index (χ0v) is 16.9. The normalized spacial score (nSPS) is 32.6. The van der Waals surface area contributed by atoms with E-state index in [1.165, 1.54) is 14.2 Å². The third kappa shape index (κ3) is 4.60. The van der Waals surface area contributed by atoms with E-state index in [9.17, 15) is 9.67 Å². The molecule has 1 aromatic rings. The highest BCUT2D eigenvalue weighted by atomic mass is 31.2. The van der Waals surface area contributed by atoms with Crippen molar-refractivity contribution in [2.75, 3.05) is 27.0 Å². The lowest BCUT2D eigenvalue weighted by Crippen LogP contribution is -2.46. The highest BCUT2D eigenvalue weighted by Gasteiger charge is 2.64. The maximum Gasteiger partial charge on any atom is 0.335 e. The van der Waals surface area contributed by atoms with Crippen LogP contribution < -0.4 is 0 Å². The number of fused-ring (bicyclic) bond motifs is 1. The Labute approximate surface area is 159 Å². The molecule has 4 atom stereocenters. The van der Waals surface area contributed by atoms with Gasteiger partial charge in [0.05, 0.1) is 13.2 Å². The molecule has 0 amide bonds. The van der Waals surface area contributed by atoms with E-state index in [4.69, 9.17) is 28.0 Å². The molecule has 0 radical (unpaired) electrons. The van der Waals surface area contributed by atoms with Crippen molar-refractivity contribution in [3.63, 3.8) is 0 Å². The van der Waals surface area contributed by atoms with E-state index in [0.29, 0.717) is 6.61 Å². The molecule has 2 fully saturated rings. The van der Waals surface area contributed by atoms with Gasteiger partial charge in [0.25, 0.3) is 0 Å². The van der Waals surface area contributed by atoms with Gasteiger partial charge in [0.1, 0.15) is 24.5 Å². The van der Waals surface area contributed by atoms with Crippen LogP contribution in [0, 0.1) is 0 Å². The third-order valence-electron chi connectivity index (χ3n) is 4.67. The van der Waals surface area contributed by atoms with Crippen LogP contribution in [0.2, 0.25) is 0 Å². The van der Waals surface area contributed by atoms with Gasteiger partial charge in [-0.1, -0.05) is 30.3 Å². The number of benzene rings is 1. The van der Waals surface area contributed by atoms with Crippen molar-refractivity contribution >= 4 is 7.60 Å². The second-order valence-electron chi connectivity index (χ2n) is 7.16. The van der Waals surface area contributed by atoms with Crippen molar-refractivity contribution in [3.05, 3.63) is 35.9 Å². The summed E-state index contributed by atoms with van der Waals surface area (Å²) in [7, 11) is -1.02. The summed E-state index contributed by atoms with van der Waals surface area (Å²) in [6.45, 7) is 4.08. The molecule has 9 heteroatoms. The van der Waals surface area contributed by atoms with Crippen LogP contribution in [-0.4, -0.2) is 62.0 Å². The van der Waals surface area contributed by atoms with E-state index in [1.807, 2.05) is 30.3 Å². The quantitative estimate of drug-likeness (QED) is 0.663. The number of aliphatic hydroxyl groups is 1. The Hall–Kier alpha value is -0.830. The van der Waals surface area contributed by atoms with Gasteiger partial charge in [-0.3, -0.25) is 4.57 Å². The highest BCUT2D eigenvalue weighted by Crippen LogP contribution is 2.54. The average Bonchev–Trinajstić information content (AvgIpc) is 3.08. The summed E-state index contributed by atoms with van der Waals surface area (Å²) in [5.74, 6) is -2.78. The first-order valence-electron chi connectivity index (χ1n) is 8.78. The van der Waals surface area contributed by atoms with Crippen molar-refractivity contribution < 1.29 is 37.7 Å². The Morgan fingerprint density at radius 3 is 2.41 bits per heavy atom. The molecule has 1 N–H and O–H groups in total. The fraction of sp³-hybridized carbons (Fsp3) is 0.667. The van der Waals surface area contributed by atoms with E-state index in [0.717, 1.165) is 5.56 Å². The molecule has 27 heavy (non-hydrogen) atoms. The summed E-state index contributed by atoms with van der Waals surface area (Å²) >= 11 is 0. The summed E-state index contributed by atoms with van der Waals surface area (Å²) in [6.07, 6.45) is -2.37. The van der Waals surface area contributed by atoms with Gasteiger partial charge < -0.3 is 33.1 Å². The fourth-order valence-corrected chi connectivity index (χ4v) is 4.63. The van der Waals surface area contributed by atoms with Crippen LogP contribution in [-0.2, 0) is 39.2 Å². The molecule has 0 unspecified atom stereocenters. The maximum absolute atomic E-state index is 12.6. The van der Waals surface area contributed by atoms with Gasteiger partial charge in [-0.15, -0.1) is 0 Å². The summed E-state index contributed by atoms with van der Waals surface area (Å²) in [4.78, 5) is 0. The molecule has 2 saturated heterocycles. The minimum Gasteiger partial charge on any atom is -0.374 e. The lowest BCUT2D eigenvalue weighted by molar-refractivity contribution is -0.269. The van der Waals surface area contributed by atoms with Gasteiger partial charge in [0, 0.05) is 14.2 Å². The molecular weight excluding hydrogens is 375 g/mol. The largest absolute Gasteiger partial charge is 0.374 e. The summed E-state index contributed by atoms with van der Waals surface area (Å²) in [5, 5.41) is 11.1. The van der Waals surface area contributed by atoms with Gasteiger partial charge in [0.15, 0.2) is 5.79 Å². The number of hydrogen-bond donors (Lipinski definition) is 1. The first-order valence-corrected chi connectivity index (χ1v) is 10.5. The van der Waals surface area contributed by atoms with Gasteiger partial charge in [-0.25, -0.2) is 0 Å². The summed E-state index contributed by atoms with van der Waals surface area (Å²) < 4.78 is 45.8. The molecule has 0 aliphatic carbocycles. The minimum atomic E-state index is -3.54. The van der Waals surface area contributed by atoms with Crippen LogP contribution in [0.15, 0.2) is 30.3 Å². The average molecular weight is 402 g/mol. The van der Waals surface area contributed by atoms with Gasteiger partial charge in [-0.2, -0.15) is 0 Å². The molecule has 0 spiro atoms. The van der Waals surface area contributed by atoms with E-state index in [2.05, 4.69) is 0 Å². The summed E-state index contributed by atoms with van der Waals surface area (Å²) in [5.41, 5.74) is 1.02. The van der Waals surface area contributed by atoms with Gasteiger partial charge in [0.2, 0.25) is 5.79 Å². The zero-order chi connectivity index (χ0) is 19.7. The Morgan fingerprint density at radius 1 is 1.11 bits per heavy atom. The van der Waals surface area contributed by atoms with Crippen molar-refractivity contribution in [2.24, 2.45) is 0 Å². The Morgan fingerprint density at radius 2 is 1.78 bits per heavy atom.